The van der Waals surface area contributed by atoms with Crippen LogP contribution in [0.2, 0.25) is 5.02 Å². The van der Waals surface area contributed by atoms with Crippen LogP contribution in [0.15, 0.2) is 40.9 Å². The number of amides is 1. The Labute approximate surface area is 147 Å². The highest BCUT2D eigenvalue weighted by molar-refractivity contribution is 9.10. The van der Waals surface area contributed by atoms with Gasteiger partial charge < -0.3 is 14.8 Å². The molecule has 23 heavy (non-hydrogen) atoms. The highest BCUT2D eigenvalue weighted by atomic mass is 79.9. The van der Waals surface area contributed by atoms with Gasteiger partial charge in [-0.15, -0.1) is 0 Å². The Hall–Kier alpha value is -1.72. The molecule has 0 unspecified atom stereocenters. The molecule has 6 heteroatoms. The fourth-order valence-corrected chi connectivity index (χ4v) is 3.32. The van der Waals surface area contributed by atoms with Gasteiger partial charge in [0.1, 0.15) is 13.2 Å². The molecule has 120 valence electrons. The standard InChI is InChI=1S/C17H15BrClNO3/c1-10(12-4-2-3-5-13(12)18)20-17(21)11-8-14(19)16-15(9-11)22-6-7-23-16/h2-5,8-10H,6-7H2,1H3,(H,20,21)/t10-/m0/s1. The minimum Gasteiger partial charge on any atom is -0.486 e. The van der Waals surface area contributed by atoms with Crippen molar-refractivity contribution in [2.75, 3.05) is 13.2 Å². The molecule has 4 nitrogen and oxygen atoms in total. The van der Waals surface area contributed by atoms with E-state index in [4.69, 9.17) is 21.1 Å². The first-order valence-electron chi connectivity index (χ1n) is 7.20. The number of halogens is 2. The van der Waals surface area contributed by atoms with E-state index in [-0.39, 0.29) is 11.9 Å². The van der Waals surface area contributed by atoms with Gasteiger partial charge in [-0.3, -0.25) is 4.79 Å². The molecule has 0 saturated heterocycles. The number of benzene rings is 2. The van der Waals surface area contributed by atoms with Gasteiger partial charge >= 0.3 is 0 Å². The normalized spacial score (nSPS) is 14.2. The maximum atomic E-state index is 12.5. The van der Waals surface area contributed by atoms with Crippen molar-refractivity contribution < 1.29 is 14.3 Å². The molecule has 2 aromatic carbocycles. The first-order chi connectivity index (χ1) is 11.1. The third-order valence-corrected chi connectivity index (χ3v) is 4.58. The van der Waals surface area contributed by atoms with Crippen LogP contribution in [-0.4, -0.2) is 19.1 Å². The molecule has 0 fully saturated rings. The molecule has 1 aliphatic heterocycles. The fraction of sp³-hybridized carbons (Fsp3) is 0.235. The molecule has 0 aromatic heterocycles. The average molecular weight is 397 g/mol. The van der Waals surface area contributed by atoms with E-state index in [2.05, 4.69) is 21.2 Å². The minimum absolute atomic E-state index is 0.148. The van der Waals surface area contributed by atoms with E-state index in [0.717, 1.165) is 10.0 Å². The molecular weight excluding hydrogens is 382 g/mol. The van der Waals surface area contributed by atoms with Crippen LogP contribution in [0.4, 0.5) is 0 Å². The lowest BCUT2D eigenvalue weighted by Gasteiger charge is -2.21. The maximum Gasteiger partial charge on any atom is 0.251 e. The van der Waals surface area contributed by atoms with Gasteiger partial charge in [0.2, 0.25) is 0 Å². The summed E-state index contributed by atoms with van der Waals surface area (Å²) < 4.78 is 11.9. The molecular formula is C17H15BrClNO3. The van der Waals surface area contributed by atoms with E-state index in [9.17, 15) is 4.79 Å². The number of nitrogens with one attached hydrogen (secondary N) is 1. The number of hydrogen-bond donors (Lipinski definition) is 1. The Kier molecular flexibility index (Phi) is 4.78. The van der Waals surface area contributed by atoms with Gasteiger partial charge in [-0.2, -0.15) is 0 Å². The monoisotopic (exact) mass is 395 g/mol. The first-order valence-corrected chi connectivity index (χ1v) is 8.38. The summed E-state index contributed by atoms with van der Waals surface area (Å²) in [5.74, 6) is 0.780. The van der Waals surface area contributed by atoms with Crippen LogP contribution < -0.4 is 14.8 Å². The number of hydrogen-bond acceptors (Lipinski definition) is 3. The van der Waals surface area contributed by atoms with Gasteiger partial charge in [0.15, 0.2) is 11.5 Å². The highest BCUT2D eigenvalue weighted by Crippen LogP contribution is 2.38. The number of carbonyl (C=O) groups excluding carboxylic acids is 1. The second kappa shape index (κ2) is 6.81. The van der Waals surface area contributed by atoms with Crippen LogP contribution in [0.3, 0.4) is 0 Å². The zero-order chi connectivity index (χ0) is 16.4. The first kappa shape index (κ1) is 16.1. The summed E-state index contributed by atoms with van der Waals surface area (Å²) in [5.41, 5.74) is 1.45. The molecule has 0 saturated carbocycles. The van der Waals surface area contributed by atoms with E-state index in [0.29, 0.717) is 35.3 Å². The van der Waals surface area contributed by atoms with Crippen molar-refractivity contribution in [2.45, 2.75) is 13.0 Å². The van der Waals surface area contributed by atoms with Crippen LogP contribution >= 0.6 is 27.5 Å². The number of fused-ring (bicyclic) bond motifs is 1. The zero-order valence-corrected chi connectivity index (χ0v) is 14.8. The van der Waals surface area contributed by atoms with Crippen LogP contribution in [-0.2, 0) is 0 Å². The van der Waals surface area contributed by atoms with Gasteiger partial charge in [0.05, 0.1) is 11.1 Å². The van der Waals surface area contributed by atoms with Crippen LogP contribution in [0, 0.1) is 0 Å². The summed E-state index contributed by atoms with van der Waals surface area (Å²) in [4.78, 5) is 12.5. The minimum atomic E-state index is -0.216. The molecule has 1 heterocycles. The Bertz CT molecular complexity index is 751. The van der Waals surface area contributed by atoms with Crippen molar-refractivity contribution in [1.82, 2.24) is 5.32 Å². The number of ether oxygens (including phenoxy) is 2. The van der Waals surface area contributed by atoms with E-state index < -0.39 is 0 Å². The van der Waals surface area contributed by atoms with Gasteiger partial charge in [-0.25, -0.2) is 0 Å². The summed E-state index contributed by atoms with van der Waals surface area (Å²) in [6.07, 6.45) is 0. The molecule has 1 N–H and O–H groups in total. The molecule has 1 aliphatic rings. The van der Waals surface area contributed by atoms with Gasteiger partial charge in [0, 0.05) is 10.0 Å². The predicted molar refractivity (Wildman–Crippen MR) is 92.5 cm³/mol. The van der Waals surface area contributed by atoms with Gasteiger partial charge in [-0.1, -0.05) is 45.7 Å². The van der Waals surface area contributed by atoms with Crippen molar-refractivity contribution in [3.8, 4) is 11.5 Å². The molecule has 0 aliphatic carbocycles. The summed E-state index contributed by atoms with van der Waals surface area (Å²) in [5, 5.41) is 3.34. The van der Waals surface area contributed by atoms with Crippen molar-refractivity contribution >= 4 is 33.4 Å². The predicted octanol–water partition coefficient (Wildman–Crippen LogP) is 4.36. The lowest BCUT2D eigenvalue weighted by molar-refractivity contribution is 0.0938. The smallest absolute Gasteiger partial charge is 0.251 e. The average Bonchev–Trinajstić information content (AvgIpc) is 2.55. The Morgan fingerprint density at radius 2 is 2.00 bits per heavy atom. The summed E-state index contributed by atoms with van der Waals surface area (Å²) in [7, 11) is 0. The molecule has 0 spiro atoms. The largest absolute Gasteiger partial charge is 0.486 e. The molecule has 1 atom stereocenters. The number of rotatable bonds is 3. The lowest BCUT2D eigenvalue weighted by Crippen LogP contribution is -2.27. The highest BCUT2D eigenvalue weighted by Gasteiger charge is 2.20. The van der Waals surface area contributed by atoms with Crippen molar-refractivity contribution in [2.24, 2.45) is 0 Å². The quantitative estimate of drug-likeness (QED) is 0.838. The van der Waals surface area contributed by atoms with Gasteiger partial charge in [0.25, 0.3) is 5.91 Å². The molecule has 0 radical (unpaired) electrons. The second-order valence-corrected chi connectivity index (χ2v) is 6.46. The second-order valence-electron chi connectivity index (χ2n) is 5.20. The molecule has 0 bridgehead atoms. The topological polar surface area (TPSA) is 47.6 Å². The number of carbonyl (C=O) groups is 1. The zero-order valence-electron chi connectivity index (χ0n) is 12.4. The van der Waals surface area contributed by atoms with Crippen LogP contribution in [0.5, 0.6) is 11.5 Å². The summed E-state index contributed by atoms with van der Waals surface area (Å²) >= 11 is 9.67. The summed E-state index contributed by atoms with van der Waals surface area (Å²) in [6, 6.07) is 10.9. The maximum absolute atomic E-state index is 12.5. The van der Waals surface area contributed by atoms with Crippen molar-refractivity contribution in [3.63, 3.8) is 0 Å². The van der Waals surface area contributed by atoms with Crippen LogP contribution in [0.25, 0.3) is 0 Å². The van der Waals surface area contributed by atoms with E-state index >= 15 is 0 Å². The molecule has 3 rings (SSSR count). The van der Waals surface area contributed by atoms with Crippen molar-refractivity contribution in [3.05, 3.63) is 57.0 Å². The molecule has 2 aromatic rings. The fourth-order valence-electron chi connectivity index (χ4n) is 2.43. The SMILES string of the molecule is C[C@H](NC(=O)c1cc(Cl)c2c(c1)OCCO2)c1ccccc1Br. The Morgan fingerprint density at radius 3 is 2.78 bits per heavy atom. The molecule has 1 amide bonds. The Morgan fingerprint density at radius 1 is 1.26 bits per heavy atom. The Balaban J connectivity index is 1.81. The third kappa shape index (κ3) is 3.46. The van der Waals surface area contributed by atoms with E-state index in [1.54, 1.807) is 12.1 Å². The van der Waals surface area contributed by atoms with E-state index in [1.807, 2.05) is 31.2 Å². The van der Waals surface area contributed by atoms with Crippen molar-refractivity contribution in [1.29, 1.82) is 0 Å². The summed E-state index contributed by atoms with van der Waals surface area (Å²) in [6.45, 7) is 2.83. The third-order valence-electron chi connectivity index (χ3n) is 3.58. The van der Waals surface area contributed by atoms with Gasteiger partial charge in [-0.05, 0) is 30.7 Å². The lowest BCUT2D eigenvalue weighted by atomic mass is 10.1. The van der Waals surface area contributed by atoms with Crippen LogP contribution in [0.1, 0.15) is 28.9 Å². The van der Waals surface area contributed by atoms with E-state index in [1.165, 1.54) is 0 Å².